The monoisotopic (exact) mass is 422 g/mol. The molecule has 1 aromatic carbocycles. The smallest absolute Gasteiger partial charge is 0.309 e. The first-order valence-electron chi connectivity index (χ1n) is 12.7. The largest absolute Gasteiger partial charge is 0.462 e. The molecule has 3 nitrogen and oxygen atoms in total. The molecule has 0 N–H and O–H groups in total. The van der Waals surface area contributed by atoms with Gasteiger partial charge in [-0.3, -0.25) is 9.59 Å². The van der Waals surface area contributed by atoms with E-state index in [4.69, 9.17) is 4.74 Å². The van der Waals surface area contributed by atoms with Gasteiger partial charge in [0.1, 0.15) is 6.10 Å². The van der Waals surface area contributed by atoms with Crippen LogP contribution in [0.25, 0.3) is 0 Å². The third kappa shape index (κ3) is 3.87. The molecule has 168 valence electrons. The number of ketones is 1. The lowest BCUT2D eigenvalue weighted by Crippen LogP contribution is -2.54. The Labute approximate surface area is 187 Å². The van der Waals surface area contributed by atoms with Crippen molar-refractivity contribution in [3.8, 4) is 0 Å². The molecule has 3 heteroatoms. The Morgan fingerprint density at radius 3 is 2.00 bits per heavy atom. The van der Waals surface area contributed by atoms with E-state index in [1.165, 1.54) is 12.8 Å². The molecule has 0 saturated heterocycles. The summed E-state index contributed by atoms with van der Waals surface area (Å²) in [5.41, 5.74) is 0.863. The van der Waals surface area contributed by atoms with Crippen LogP contribution in [-0.4, -0.2) is 17.9 Å². The van der Waals surface area contributed by atoms with Crippen molar-refractivity contribution in [2.24, 2.45) is 53.3 Å². The van der Waals surface area contributed by atoms with Crippen LogP contribution in [0.4, 0.5) is 0 Å². The average molecular weight is 423 g/mol. The summed E-state index contributed by atoms with van der Waals surface area (Å²) in [7, 11) is 0. The van der Waals surface area contributed by atoms with E-state index in [1.807, 2.05) is 30.3 Å². The number of carbonyl (C=O) groups excluding carboxylic acids is 2. The van der Waals surface area contributed by atoms with Crippen LogP contribution >= 0.6 is 0 Å². The Balaban J connectivity index is 1.27. The highest BCUT2D eigenvalue weighted by atomic mass is 16.5. The minimum absolute atomic E-state index is 0.0744. The molecular weight excluding hydrogens is 384 g/mol. The Hall–Kier alpha value is -1.64. The summed E-state index contributed by atoms with van der Waals surface area (Å²) in [6.45, 7) is 6.84. The molecule has 4 bridgehead atoms. The summed E-state index contributed by atoms with van der Waals surface area (Å²) >= 11 is 0. The van der Waals surface area contributed by atoms with Gasteiger partial charge < -0.3 is 4.74 Å². The predicted molar refractivity (Wildman–Crippen MR) is 121 cm³/mol. The molecule has 0 amide bonds. The summed E-state index contributed by atoms with van der Waals surface area (Å²) in [6, 6.07) is 9.83. The zero-order valence-corrected chi connectivity index (χ0v) is 19.3. The lowest BCUT2D eigenvalue weighted by atomic mass is 9.47. The minimum Gasteiger partial charge on any atom is -0.462 e. The second-order valence-corrected chi connectivity index (χ2v) is 11.6. The first kappa shape index (κ1) is 21.2. The molecule has 6 rings (SSSR count). The van der Waals surface area contributed by atoms with E-state index < -0.39 is 0 Å². The van der Waals surface area contributed by atoms with Crippen LogP contribution in [0.15, 0.2) is 30.3 Å². The number of ether oxygens (including phenoxy) is 1. The zero-order chi connectivity index (χ0) is 21.7. The lowest BCUT2D eigenvalue weighted by molar-refractivity contribution is -0.176. The quantitative estimate of drug-likeness (QED) is 0.421. The molecule has 5 saturated carbocycles. The number of benzene rings is 1. The van der Waals surface area contributed by atoms with Crippen molar-refractivity contribution in [1.29, 1.82) is 0 Å². The van der Waals surface area contributed by atoms with Gasteiger partial charge in [0.15, 0.2) is 5.78 Å². The van der Waals surface area contributed by atoms with Gasteiger partial charge in [-0.05, 0) is 80.0 Å². The first-order chi connectivity index (χ1) is 14.9. The van der Waals surface area contributed by atoms with Gasteiger partial charge in [-0.25, -0.2) is 0 Å². The van der Waals surface area contributed by atoms with Crippen molar-refractivity contribution in [2.75, 3.05) is 0 Å². The van der Waals surface area contributed by atoms with Crippen molar-refractivity contribution in [3.63, 3.8) is 0 Å². The number of Topliss-reactive ketones (excluding diaryl/α,β-unsaturated/α-hetero) is 1. The number of esters is 1. The van der Waals surface area contributed by atoms with E-state index in [0.29, 0.717) is 47.2 Å². The number of rotatable bonds is 5. The maximum atomic E-state index is 13.4. The van der Waals surface area contributed by atoms with Gasteiger partial charge in [-0.15, -0.1) is 0 Å². The summed E-state index contributed by atoms with van der Waals surface area (Å²) < 4.78 is 6.30. The zero-order valence-electron chi connectivity index (χ0n) is 19.3. The summed E-state index contributed by atoms with van der Waals surface area (Å²) in [5, 5.41) is 0. The van der Waals surface area contributed by atoms with Gasteiger partial charge in [-0.1, -0.05) is 57.5 Å². The third-order valence-electron chi connectivity index (χ3n) is 9.32. The standard InChI is InChI=1S/C28H38O3/c1-16(2)23-10-9-17(3)11-24(23)31-28(30)26-21-12-19-13-22(26)15-20(14-21)25(19)27(29)18-7-5-4-6-8-18/h4-8,16-17,19-26H,9-15H2,1-3H3/t17-,19?,20?,21?,22?,23-,24+,25?,26?/m1/s1. The minimum atomic E-state index is 0.0744. The highest BCUT2D eigenvalue weighted by molar-refractivity contribution is 5.98. The van der Waals surface area contributed by atoms with Gasteiger partial charge >= 0.3 is 5.97 Å². The van der Waals surface area contributed by atoms with Crippen molar-refractivity contribution >= 4 is 11.8 Å². The molecule has 5 aliphatic rings. The Morgan fingerprint density at radius 1 is 0.839 bits per heavy atom. The van der Waals surface area contributed by atoms with E-state index >= 15 is 0 Å². The van der Waals surface area contributed by atoms with Gasteiger partial charge in [0.05, 0.1) is 5.92 Å². The fourth-order valence-electron chi connectivity index (χ4n) is 7.97. The van der Waals surface area contributed by atoms with Crippen LogP contribution < -0.4 is 0 Å². The van der Waals surface area contributed by atoms with Crippen LogP contribution in [0, 0.1) is 53.3 Å². The van der Waals surface area contributed by atoms with Crippen molar-refractivity contribution in [2.45, 2.75) is 71.8 Å². The van der Waals surface area contributed by atoms with Crippen LogP contribution in [-0.2, 0) is 9.53 Å². The Bertz CT molecular complexity index is 783. The molecule has 5 fully saturated rings. The molecule has 3 atom stereocenters. The van der Waals surface area contributed by atoms with E-state index in [-0.39, 0.29) is 23.9 Å². The number of hydrogen-bond acceptors (Lipinski definition) is 3. The average Bonchev–Trinajstić information content (AvgIpc) is 2.73. The number of carbonyl (C=O) groups is 2. The molecule has 0 radical (unpaired) electrons. The Kier molecular flexibility index (Phi) is 5.73. The van der Waals surface area contributed by atoms with Crippen LogP contribution in [0.2, 0.25) is 0 Å². The van der Waals surface area contributed by atoms with E-state index in [0.717, 1.165) is 37.7 Å². The topological polar surface area (TPSA) is 43.4 Å². The molecule has 0 aliphatic heterocycles. The maximum Gasteiger partial charge on any atom is 0.309 e. The third-order valence-corrected chi connectivity index (χ3v) is 9.32. The maximum absolute atomic E-state index is 13.4. The highest BCUT2D eigenvalue weighted by Gasteiger charge is 2.57. The van der Waals surface area contributed by atoms with Gasteiger partial charge in [0.25, 0.3) is 0 Å². The van der Waals surface area contributed by atoms with E-state index in [2.05, 4.69) is 20.8 Å². The second-order valence-electron chi connectivity index (χ2n) is 11.6. The SMILES string of the molecule is CC(C)[C@H]1CC[C@@H](C)C[C@@H]1OC(=O)C1C2CC3CC1CC(C2)C3C(=O)c1ccccc1. The molecule has 1 aromatic rings. The van der Waals surface area contributed by atoms with Crippen LogP contribution in [0.3, 0.4) is 0 Å². The predicted octanol–water partition coefficient (Wildman–Crippen LogP) is 6.17. The molecule has 0 aromatic heterocycles. The summed E-state index contributed by atoms with van der Waals surface area (Å²) in [6.07, 6.45) is 7.69. The van der Waals surface area contributed by atoms with E-state index in [9.17, 15) is 9.59 Å². The fourth-order valence-corrected chi connectivity index (χ4v) is 7.97. The lowest BCUT2D eigenvalue weighted by Gasteiger charge is -2.56. The van der Waals surface area contributed by atoms with E-state index in [1.54, 1.807) is 0 Å². The molecule has 0 heterocycles. The first-order valence-corrected chi connectivity index (χ1v) is 12.7. The second kappa shape index (κ2) is 8.37. The molecule has 0 unspecified atom stereocenters. The van der Waals surface area contributed by atoms with Gasteiger partial charge in [0, 0.05) is 11.5 Å². The van der Waals surface area contributed by atoms with Crippen LogP contribution in [0.1, 0.15) is 76.1 Å². The van der Waals surface area contributed by atoms with Crippen molar-refractivity contribution < 1.29 is 14.3 Å². The fraction of sp³-hybridized carbons (Fsp3) is 0.714. The summed E-state index contributed by atoms with van der Waals surface area (Å²) in [5.74, 6) is 4.14. The molecule has 31 heavy (non-hydrogen) atoms. The van der Waals surface area contributed by atoms with Crippen molar-refractivity contribution in [1.82, 2.24) is 0 Å². The Morgan fingerprint density at radius 2 is 1.42 bits per heavy atom. The van der Waals surface area contributed by atoms with Crippen molar-refractivity contribution in [3.05, 3.63) is 35.9 Å². The van der Waals surface area contributed by atoms with Gasteiger partial charge in [0.2, 0.25) is 0 Å². The molecular formula is C28H38O3. The molecule has 0 spiro atoms. The number of hydrogen-bond donors (Lipinski definition) is 0. The summed E-state index contributed by atoms with van der Waals surface area (Å²) in [4.78, 5) is 26.7. The highest BCUT2D eigenvalue weighted by Crippen LogP contribution is 2.60. The normalized spacial score (nSPS) is 41.4. The molecule has 5 aliphatic carbocycles. The van der Waals surface area contributed by atoms with Gasteiger partial charge in [-0.2, -0.15) is 0 Å². The van der Waals surface area contributed by atoms with Crippen LogP contribution in [0.5, 0.6) is 0 Å².